The molecule has 72 valence electrons. The zero-order chi connectivity index (χ0) is 9.52. The van der Waals surface area contributed by atoms with Crippen molar-refractivity contribution >= 4 is 0 Å². The monoisotopic (exact) mass is 181 g/mol. The zero-order valence-electron chi connectivity index (χ0n) is 7.79. The van der Waals surface area contributed by atoms with E-state index in [0.717, 1.165) is 11.3 Å². The van der Waals surface area contributed by atoms with Gasteiger partial charge in [0, 0.05) is 6.54 Å². The van der Waals surface area contributed by atoms with Crippen molar-refractivity contribution in [3.8, 4) is 5.75 Å². The van der Waals surface area contributed by atoms with E-state index < -0.39 is 0 Å². The predicted octanol–water partition coefficient (Wildman–Crippen LogP) is 1.12. The molecule has 0 heterocycles. The van der Waals surface area contributed by atoms with Crippen LogP contribution in [0.25, 0.3) is 0 Å². The Bertz CT molecular complexity index is 233. The highest BCUT2D eigenvalue weighted by Gasteiger charge is 1.93. The molecule has 3 heteroatoms. The van der Waals surface area contributed by atoms with Crippen LogP contribution in [-0.4, -0.2) is 18.4 Å². The van der Waals surface area contributed by atoms with Crippen LogP contribution in [0.1, 0.15) is 12.5 Å². The molecule has 13 heavy (non-hydrogen) atoms. The fourth-order valence-corrected chi connectivity index (χ4v) is 1.07. The zero-order valence-corrected chi connectivity index (χ0v) is 7.79. The van der Waals surface area contributed by atoms with Gasteiger partial charge in [-0.2, -0.15) is 0 Å². The summed E-state index contributed by atoms with van der Waals surface area (Å²) in [4.78, 5) is 0. The third-order valence-electron chi connectivity index (χ3n) is 1.68. The van der Waals surface area contributed by atoms with Crippen molar-refractivity contribution in [2.24, 2.45) is 0 Å². The number of nitrogens with one attached hydrogen (secondary N) is 1. The molecule has 0 fully saturated rings. The first kappa shape index (κ1) is 10.0. The molecule has 0 atom stereocenters. The number of hydrogen-bond acceptors (Lipinski definition) is 3. The van der Waals surface area contributed by atoms with Gasteiger partial charge in [0.15, 0.2) is 0 Å². The standard InChI is InChI=1S/C10H15NO2/c1-2-13-10-5-3-9(4-6-10)7-11-8-12/h3-6,11-12H,2,7-8H2,1H3. The molecule has 0 aromatic heterocycles. The molecule has 0 unspecified atom stereocenters. The average Bonchev–Trinajstić information content (AvgIpc) is 2.17. The maximum absolute atomic E-state index is 8.53. The minimum absolute atomic E-state index is 0.00715. The van der Waals surface area contributed by atoms with Crippen LogP contribution in [0.3, 0.4) is 0 Å². The lowest BCUT2D eigenvalue weighted by Crippen LogP contribution is -2.13. The molecule has 0 saturated carbocycles. The summed E-state index contributed by atoms with van der Waals surface area (Å²) in [5.74, 6) is 0.884. The van der Waals surface area contributed by atoms with Crippen LogP contribution in [0, 0.1) is 0 Å². The summed E-state index contributed by atoms with van der Waals surface area (Å²) in [6, 6.07) is 7.82. The highest BCUT2D eigenvalue weighted by molar-refractivity contribution is 5.27. The van der Waals surface area contributed by atoms with Crippen LogP contribution in [0.2, 0.25) is 0 Å². The second-order valence-electron chi connectivity index (χ2n) is 2.66. The molecule has 0 aliphatic rings. The molecular weight excluding hydrogens is 166 g/mol. The number of aliphatic hydroxyl groups excluding tert-OH is 1. The maximum Gasteiger partial charge on any atom is 0.119 e. The van der Waals surface area contributed by atoms with E-state index in [1.807, 2.05) is 31.2 Å². The third kappa shape index (κ3) is 3.44. The van der Waals surface area contributed by atoms with E-state index >= 15 is 0 Å². The summed E-state index contributed by atoms with van der Waals surface area (Å²) < 4.78 is 5.30. The molecule has 0 saturated heterocycles. The van der Waals surface area contributed by atoms with Crippen LogP contribution in [-0.2, 0) is 6.54 Å². The lowest BCUT2D eigenvalue weighted by molar-refractivity contribution is 0.259. The van der Waals surface area contributed by atoms with E-state index in [-0.39, 0.29) is 6.73 Å². The first-order chi connectivity index (χ1) is 6.36. The summed E-state index contributed by atoms with van der Waals surface area (Å²) in [5.41, 5.74) is 1.14. The molecule has 1 rings (SSSR count). The molecule has 0 radical (unpaired) electrons. The molecule has 3 nitrogen and oxygen atoms in total. The Balaban J connectivity index is 2.48. The van der Waals surface area contributed by atoms with Gasteiger partial charge >= 0.3 is 0 Å². The highest BCUT2D eigenvalue weighted by atomic mass is 16.5. The number of aliphatic hydroxyl groups is 1. The molecule has 0 amide bonds. The third-order valence-corrected chi connectivity index (χ3v) is 1.68. The van der Waals surface area contributed by atoms with Crippen molar-refractivity contribution in [3.05, 3.63) is 29.8 Å². The van der Waals surface area contributed by atoms with E-state index in [1.54, 1.807) is 0 Å². The van der Waals surface area contributed by atoms with Crippen LogP contribution in [0.15, 0.2) is 24.3 Å². The van der Waals surface area contributed by atoms with Gasteiger partial charge in [-0.1, -0.05) is 12.1 Å². The first-order valence-electron chi connectivity index (χ1n) is 4.40. The molecule has 1 aromatic rings. The van der Waals surface area contributed by atoms with Gasteiger partial charge in [0.25, 0.3) is 0 Å². The quantitative estimate of drug-likeness (QED) is 0.669. The van der Waals surface area contributed by atoms with Gasteiger partial charge in [-0.3, -0.25) is 5.32 Å². The van der Waals surface area contributed by atoms with Crippen LogP contribution in [0.5, 0.6) is 5.75 Å². The molecular formula is C10H15NO2. The van der Waals surface area contributed by atoms with Gasteiger partial charge in [-0.15, -0.1) is 0 Å². The van der Waals surface area contributed by atoms with Crippen molar-refractivity contribution in [1.82, 2.24) is 5.32 Å². The predicted molar refractivity (Wildman–Crippen MR) is 51.5 cm³/mol. The smallest absolute Gasteiger partial charge is 0.119 e. The van der Waals surface area contributed by atoms with Crippen molar-refractivity contribution in [1.29, 1.82) is 0 Å². The molecule has 0 aliphatic carbocycles. The van der Waals surface area contributed by atoms with E-state index in [2.05, 4.69) is 5.32 Å². The SMILES string of the molecule is CCOc1ccc(CNCO)cc1. The summed E-state index contributed by atoms with van der Waals surface area (Å²) >= 11 is 0. The fourth-order valence-electron chi connectivity index (χ4n) is 1.07. The van der Waals surface area contributed by atoms with Gasteiger partial charge in [-0.05, 0) is 24.6 Å². The number of hydrogen-bond donors (Lipinski definition) is 2. The lowest BCUT2D eigenvalue weighted by atomic mass is 10.2. The number of benzene rings is 1. The normalized spacial score (nSPS) is 10.0. The molecule has 2 N–H and O–H groups in total. The summed E-state index contributed by atoms with van der Waals surface area (Å²) in [7, 11) is 0. The lowest BCUT2D eigenvalue weighted by Gasteiger charge is -2.04. The van der Waals surface area contributed by atoms with Crippen molar-refractivity contribution in [3.63, 3.8) is 0 Å². The van der Waals surface area contributed by atoms with Gasteiger partial charge in [0.1, 0.15) is 5.75 Å². The topological polar surface area (TPSA) is 41.5 Å². The highest BCUT2D eigenvalue weighted by Crippen LogP contribution is 2.11. The van der Waals surface area contributed by atoms with E-state index in [0.29, 0.717) is 13.2 Å². The van der Waals surface area contributed by atoms with Gasteiger partial charge < -0.3 is 9.84 Å². The number of ether oxygens (including phenoxy) is 1. The number of rotatable bonds is 5. The second kappa shape index (κ2) is 5.56. The Morgan fingerprint density at radius 3 is 2.54 bits per heavy atom. The summed E-state index contributed by atoms with van der Waals surface area (Å²) in [6.07, 6.45) is 0. The largest absolute Gasteiger partial charge is 0.494 e. The Kier molecular flexibility index (Phi) is 4.29. The van der Waals surface area contributed by atoms with Crippen LogP contribution in [0.4, 0.5) is 0 Å². The minimum Gasteiger partial charge on any atom is -0.494 e. The van der Waals surface area contributed by atoms with Crippen LogP contribution < -0.4 is 10.1 Å². The van der Waals surface area contributed by atoms with Gasteiger partial charge in [0.05, 0.1) is 13.3 Å². The molecule has 0 bridgehead atoms. The summed E-state index contributed by atoms with van der Waals surface area (Å²) in [5, 5.41) is 11.4. The van der Waals surface area contributed by atoms with Gasteiger partial charge in [0.2, 0.25) is 0 Å². The second-order valence-corrected chi connectivity index (χ2v) is 2.66. The molecule has 0 spiro atoms. The van der Waals surface area contributed by atoms with Crippen molar-refractivity contribution < 1.29 is 9.84 Å². The van der Waals surface area contributed by atoms with E-state index in [4.69, 9.17) is 9.84 Å². The maximum atomic E-state index is 8.53. The minimum atomic E-state index is 0.00715. The van der Waals surface area contributed by atoms with E-state index in [9.17, 15) is 0 Å². The van der Waals surface area contributed by atoms with Crippen LogP contribution >= 0.6 is 0 Å². The van der Waals surface area contributed by atoms with E-state index in [1.165, 1.54) is 0 Å². The molecule has 1 aromatic carbocycles. The first-order valence-corrected chi connectivity index (χ1v) is 4.40. The van der Waals surface area contributed by atoms with Gasteiger partial charge in [-0.25, -0.2) is 0 Å². The Labute approximate surface area is 78.3 Å². The Morgan fingerprint density at radius 1 is 1.31 bits per heavy atom. The molecule has 0 aliphatic heterocycles. The summed E-state index contributed by atoms with van der Waals surface area (Å²) in [6.45, 7) is 3.34. The van der Waals surface area contributed by atoms with Crippen molar-refractivity contribution in [2.75, 3.05) is 13.3 Å². The Hall–Kier alpha value is -1.06. The average molecular weight is 181 g/mol. The Morgan fingerprint density at radius 2 is 2.00 bits per heavy atom. The van der Waals surface area contributed by atoms with Crippen molar-refractivity contribution in [2.45, 2.75) is 13.5 Å². The fraction of sp³-hybridized carbons (Fsp3) is 0.400.